The van der Waals surface area contributed by atoms with E-state index >= 15 is 0 Å². The van der Waals surface area contributed by atoms with E-state index in [0.717, 1.165) is 50.1 Å². The van der Waals surface area contributed by atoms with Crippen molar-refractivity contribution in [3.05, 3.63) is 200 Å². The molecule has 0 aliphatic rings. The summed E-state index contributed by atoms with van der Waals surface area (Å²) in [4.78, 5) is 10.8. The summed E-state index contributed by atoms with van der Waals surface area (Å²) >= 11 is 0. The van der Waals surface area contributed by atoms with Crippen LogP contribution in [0.15, 0.2) is 200 Å². The molecule has 59 heavy (non-hydrogen) atoms. The second kappa shape index (κ2) is 12.3. The van der Waals surface area contributed by atoms with Crippen LogP contribution < -0.4 is 0 Å². The Morgan fingerprint density at radius 2 is 0.932 bits per heavy atom. The zero-order valence-electron chi connectivity index (χ0n) is 31.9. The van der Waals surface area contributed by atoms with Crippen molar-refractivity contribution < 1.29 is 0 Å². The molecule has 3 nitrogen and oxygen atoms in total. The molecule has 0 N–H and O–H groups in total. The third-order valence-corrected chi connectivity index (χ3v) is 12.5. The van der Waals surface area contributed by atoms with Gasteiger partial charge in [0.15, 0.2) is 0 Å². The molecule has 0 aliphatic heterocycles. The predicted molar refractivity (Wildman–Crippen MR) is 249 cm³/mol. The molecule has 0 aliphatic carbocycles. The van der Waals surface area contributed by atoms with Gasteiger partial charge in [0, 0.05) is 21.9 Å². The van der Waals surface area contributed by atoms with Crippen LogP contribution in [-0.4, -0.2) is 14.5 Å². The van der Waals surface area contributed by atoms with Crippen LogP contribution >= 0.6 is 0 Å². The number of pyridine rings is 1. The Kier molecular flexibility index (Phi) is 6.72. The number of imidazole rings is 1. The first-order chi connectivity index (χ1) is 29.3. The molecule has 0 amide bonds. The van der Waals surface area contributed by atoms with E-state index in [-0.39, 0.29) is 0 Å². The maximum Gasteiger partial charge on any atom is 0.145 e. The highest BCUT2D eigenvalue weighted by Crippen LogP contribution is 2.43. The summed E-state index contributed by atoms with van der Waals surface area (Å²) in [5.74, 6) is 0.883. The Morgan fingerprint density at radius 1 is 0.373 bits per heavy atom. The molecular formula is C56H33N3. The van der Waals surface area contributed by atoms with Gasteiger partial charge in [0.1, 0.15) is 5.82 Å². The van der Waals surface area contributed by atoms with Crippen LogP contribution in [0.5, 0.6) is 0 Å². The van der Waals surface area contributed by atoms with Gasteiger partial charge in [-0.3, -0.25) is 9.55 Å². The summed E-state index contributed by atoms with van der Waals surface area (Å²) in [6.45, 7) is 0. The lowest BCUT2D eigenvalue weighted by Gasteiger charge is -2.15. The van der Waals surface area contributed by atoms with Crippen LogP contribution in [-0.2, 0) is 0 Å². The molecule has 272 valence electrons. The number of rotatable bonds is 4. The lowest BCUT2D eigenvalue weighted by Crippen LogP contribution is -2.00. The number of nitrogens with zero attached hydrogens (tertiary/aromatic N) is 3. The summed E-state index contributed by atoms with van der Waals surface area (Å²) in [6, 6.07) is 70.4. The van der Waals surface area contributed by atoms with E-state index in [9.17, 15) is 0 Å². The summed E-state index contributed by atoms with van der Waals surface area (Å²) in [5.41, 5.74) is 8.57. The highest BCUT2D eigenvalue weighted by atomic mass is 15.1. The van der Waals surface area contributed by atoms with Crippen LogP contribution in [0, 0.1) is 0 Å². The predicted octanol–water partition coefficient (Wildman–Crippen LogP) is 14.9. The standard InChI is InChI=1S/C56H33N3/c1-3-14-43-39(10-1)32-40-11-2-4-15-44(40)53(43)50-31-28-41(33-57-50)59-55-49-19-8-6-17-46(49)45-16-5-7-18-48(45)54(55)58-56(59)38-24-20-34(21-25-38)42-29-26-37-23-22-35-12-9-13-36-27-30-47(42)52(37)51(35)36/h1-33H. The van der Waals surface area contributed by atoms with Crippen LogP contribution in [0.3, 0.4) is 0 Å². The van der Waals surface area contributed by atoms with Crippen molar-refractivity contribution in [2.24, 2.45) is 0 Å². The van der Waals surface area contributed by atoms with Gasteiger partial charge in [-0.05, 0) is 94.0 Å². The first kappa shape index (κ1) is 32.2. The quantitative estimate of drug-likeness (QED) is 0.133. The summed E-state index contributed by atoms with van der Waals surface area (Å²) in [5, 5.41) is 17.3. The first-order valence-corrected chi connectivity index (χ1v) is 20.2. The van der Waals surface area contributed by atoms with Crippen molar-refractivity contribution in [2.75, 3.05) is 0 Å². The topological polar surface area (TPSA) is 30.7 Å². The number of fused-ring (bicyclic) bond motifs is 8. The summed E-state index contributed by atoms with van der Waals surface area (Å²) in [7, 11) is 0. The molecule has 2 aromatic heterocycles. The minimum Gasteiger partial charge on any atom is -0.290 e. The van der Waals surface area contributed by atoms with Crippen LogP contribution in [0.1, 0.15) is 0 Å². The zero-order valence-corrected chi connectivity index (χ0v) is 31.9. The second-order valence-corrected chi connectivity index (χ2v) is 15.7. The smallest absolute Gasteiger partial charge is 0.145 e. The van der Waals surface area contributed by atoms with E-state index in [1.807, 2.05) is 6.20 Å². The molecule has 13 aromatic rings. The van der Waals surface area contributed by atoms with E-state index in [1.165, 1.54) is 75.8 Å². The number of aromatic nitrogens is 3. The maximum absolute atomic E-state index is 5.54. The van der Waals surface area contributed by atoms with Crippen LogP contribution in [0.2, 0.25) is 0 Å². The van der Waals surface area contributed by atoms with Gasteiger partial charge < -0.3 is 0 Å². The molecule has 13 rings (SSSR count). The van der Waals surface area contributed by atoms with Crippen LogP contribution in [0.4, 0.5) is 0 Å². The molecule has 2 heterocycles. The first-order valence-electron chi connectivity index (χ1n) is 20.2. The average Bonchev–Trinajstić information content (AvgIpc) is 3.71. The van der Waals surface area contributed by atoms with E-state index in [0.29, 0.717) is 0 Å². The lowest BCUT2D eigenvalue weighted by molar-refractivity contribution is 1.09. The summed E-state index contributed by atoms with van der Waals surface area (Å²) < 4.78 is 2.33. The van der Waals surface area contributed by atoms with Crippen molar-refractivity contribution in [1.82, 2.24) is 14.5 Å². The van der Waals surface area contributed by atoms with E-state index in [1.54, 1.807) is 0 Å². The highest BCUT2D eigenvalue weighted by molar-refractivity contribution is 6.26. The highest BCUT2D eigenvalue weighted by Gasteiger charge is 2.21. The maximum atomic E-state index is 5.54. The summed E-state index contributed by atoms with van der Waals surface area (Å²) in [6.07, 6.45) is 2.03. The fraction of sp³-hybridized carbons (Fsp3) is 0. The Bertz CT molecular complexity index is 3750. The number of benzene rings is 11. The van der Waals surface area contributed by atoms with Gasteiger partial charge in [0.2, 0.25) is 0 Å². The van der Waals surface area contributed by atoms with E-state index in [4.69, 9.17) is 9.97 Å². The minimum atomic E-state index is 0.883. The molecule has 11 aromatic carbocycles. The third kappa shape index (κ3) is 4.70. The molecule has 0 spiro atoms. The van der Waals surface area contributed by atoms with E-state index in [2.05, 4.69) is 199 Å². The SMILES string of the molecule is c1ccc2c(-c3ccc(-n4c(-c5ccc(-c6ccc7ccc8cccc9ccc6c7c89)cc5)nc5c6ccccc6c6ccccc6c54)cn3)c3ccccc3cc2c1. The zero-order chi connectivity index (χ0) is 38.6. The van der Waals surface area contributed by atoms with Crippen LogP contribution in [0.25, 0.3) is 126 Å². The molecule has 0 saturated heterocycles. The molecule has 0 radical (unpaired) electrons. The normalized spacial score (nSPS) is 12.1. The molecule has 3 heteroatoms. The number of hydrogen-bond acceptors (Lipinski definition) is 2. The molecular weight excluding hydrogens is 715 g/mol. The third-order valence-electron chi connectivity index (χ3n) is 12.5. The number of hydrogen-bond donors (Lipinski definition) is 0. The molecule has 0 bridgehead atoms. The fourth-order valence-electron chi connectivity index (χ4n) is 9.89. The Labute approximate surface area is 339 Å². The van der Waals surface area contributed by atoms with Crippen molar-refractivity contribution in [3.63, 3.8) is 0 Å². The lowest BCUT2D eigenvalue weighted by atomic mass is 9.90. The average molecular weight is 748 g/mol. The van der Waals surface area contributed by atoms with Crippen molar-refractivity contribution in [1.29, 1.82) is 0 Å². The van der Waals surface area contributed by atoms with Gasteiger partial charge in [0.05, 0.1) is 28.6 Å². The van der Waals surface area contributed by atoms with E-state index < -0.39 is 0 Å². The minimum absolute atomic E-state index is 0.883. The second-order valence-electron chi connectivity index (χ2n) is 15.7. The molecule has 0 atom stereocenters. The van der Waals surface area contributed by atoms with Crippen molar-refractivity contribution in [2.45, 2.75) is 0 Å². The molecule has 0 saturated carbocycles. The van der Waals surface area contributed by atoms with Gasteiger partial charge in [-0.15, -0.1) is 0 Å². The Morgan fingerprint density at radius 3 is 1.63 bits per heavy atom. The van der Waals surface area contributed by atoms with Gasteiger partial charge in [0.25, 0.3) is 0 Å². The van der Waals surface area contributed by atoms with Gasteiger partial charge >= 0.3 is 0 Å². The van der Waals surface area contributed by atoms with Crippen molar-refractivity contribution >= 4 is 86.4 Å². The molecule has 0 unspecified atom stereocenters. The van der Waals surface area contributed by atoms with Gasteiger partial charge in [-0.1, -0.05) is 176 Å². The fourth-order valence-corrected chi connectivity index (χ4v) is 9.89. The van der Waals surface area contributed by atoms with Gasteiger partial charge in [-0.25, -0.2) is 4.98 Å². The largest absolute Gasteiger partial charge is 0.290 e. The van der Waals surface area contributed by atoms with Crippen molar-refractivity contribution in [3.8, 4) is 39.5 Å². The molecule has 0 fully saturated rings. The Balaban J connectivity index is 1.02. The Hall–Kier alpha value is -7.88. The monoisotopic (exact) mass is 747 g/mol. The van der Waals surface area contributed by atoms with Gasteiger partial charge in [-0.2, -0.15) is 0 Å².